The molecule has 0 aliphatic heterocycles. The molecule has 0 spiro atoms. The topological polar surface area (TPSA) is 29.5 Å². The summed E-state index contributed by atoms with van der Waals surface area (Å²) in [7, 11) is 0. The van der Waals surface area contributed by atoms with E-state index in [1.165, 1.54) is 27.8 Å². The van der Waals surface area contributed by atoms with Crippen molar-refractivity contribution in [3.05, 3.63) is 212 Å². The number of nitrogens with zero attached hydrogens (tertiary/aromatic N) is 1. The fourth-order valence-electron chi connectivity index (χ4n) is 8.27. The standard InChI is InChI=1S/C54H35NO2/c1-3-12-36(13-4-1)41-32-42(37-14-5-2-6-15-37)34-43(33-41)39-24-29-45(30-25-39)55(49-18-11-21-53-54(49)47-17-8-10-20-51(47)57-53)44-27-22-38(23-28-44)40-26-31-52-48(35-40)46-16-7-9-19-50(46)56-52/h1-35H. The van der Waals surface area contributed by atoms with Gasteiger partial charge in [0, 0.05) is 27.5 Å². The number of rotatable bonds is 7. The molecule has 11 aromatic rings. The summed E-state index contributed by atoms with van der Waals surface area (Å²) in [4.78, 5) is 2.35. The summed E-state index contributed by atoms with van der Waals surface area (Å²) in [5, 5.41) is 4.43. The van der Waals surface area contributed by atoms with Gasteiger partial charge in [0.1, 0.15) is 22.3 Å². The van der Waals surface area contributed by atoms with E-state index in [1.807, 2.05) is 24.3 Å². The molecule has 0 amide bonds. The van der Waals surface area contributed by atoms with Crippen molar-refractivity contribution in [2.24, 2.45) is 0 Å². The van der Waals surface area contributed by atoms with E-state index in [4.69, 9.17) is 8.83 Å². The molecule has 0 aliphatic rings. The molecule has 0 unspecified atom stereocenters. The number of hydrogen-bond acceptors (Lipinski definition) is 3. The van der Waals surface area contributed by atoms with Crippen LogP contribution in [0.3, 0.4) is 0 Å². The van der Waals surface area contributed by atoms with Crippen molar-refractivity contribution >= 4 is 60.9 Å². The Balaban J connectivity index is 1.03. The lowest BCUT2D eigenvalue weighted by molar-refractivity contribution is 0.668. The van der Waals surface area contributed by atoms with Crippen LogP contribution in [0.25, 0.3) is 88.4 Å². The molecular weight excluding hydrogens is 695 g/mol. The van der Waals surface area contributed by atoms with Gasteiger partial charge in [-0.05, 0) is 123 Å². The van der Waals surface area contributed by atoms with E-state index >= 15 is 0 Å². The molecule has 0 bridgehead atoms. The van der Waals surface area contributed by atoms with Gasteiger partial charge in [-0.15, -0.1) is 0 Å². The fourth-order valence-corrected chi connectivity index (χ4v) is 8.27. The molecule has 0 fully saturated rings. The van der Waals surface area contributed by atoms with E-state index in [2.05, 4.69) is 193 Å². The maximum atomic E-state index is 6.39. The predicted octanol–water partition coefficient (Wildman–Crippen LogP) is 15.6. The summed E-state index contributed by atoms with van der Waals surface area (Å²) in [5.74, 6) is 0. The van der Waals surface area contributed by atoms with Gasteiger partial charge in [-0.25, -0.2) is 0 Å². The Labute approximate surface area is 330 Å². The summed E-state index contributed by atoms with van der Waals surface area (Å²) in [6.07, 6.45) is 0. The number of furan rings is 2. The second-order valence-electron chi connectivity index (χ2n) is 14.5. The minimum absolute atomic E-state index is 0.860. The molecular formula is C54H35NO2. The molecule has 3 heteroatoms. The Hall–Kier alpha value is -7.62. The number of anilines is 3. The number of benzene rings is 9. The van der Waals surface area contributed by atoms with Gasteiger partial charge >= 0.3 is 0 Å². The third-order valence-corrected chi connectivity index (χ3v) is 11.1. The van der Waals surface area contributed by atoms with Crippen molar-refractivity contribution in [3.8, 4) is 44.5 Å². The van der Waals surface area contributed by atoms with E-state index in [9.17, 15) is 0 Å². The molecule has 0 N–H and O–H groups in total. The Morgan fingerprint density at radius 3 is 1.32 bits per heavy atom. The summed E-state index contributed by atoms with van der Waals surface area (Å²) < 4.78 is 12.5. The van der Waals surface area contributed by atoms with Crippen molar-refractivity contribution < 1.29 is 8.83 Å². The van der Waals surface area contributed by atoms with E-state index in [0.29, 0.717) is 0 Å². The first-order chi connectivity index (χ1) is 28.2. The molecule has 3 nitrogen and oxygen atoms in total. The summed E-state index contributed by atoms with van der Waals surface area (Å²) in [6.45, 7) is 0. The number of hydrogen-bond donors (Lipinski definition) is 0. The average Bonchev–Trinajstić information content (AvgIpc) is 3.86. The fraction of sp³-hybridized carbons (Fsp3) is 0. The van der Waals surface area contributed by atoms with Crippen molar-refractivity contribution in [2.45, 2.75) is 0 Å². The van der Waals surface area contributed by atoms with E-state index < -0.39 is 0 Å². The normalized spacial score (nSPS) is 11.5. The molecule has 11 rings (SSSR count). The first-order valence-electron chi connectivity index (χ1n) is 19.3. The Kier molecular flexibility index (Phi) is 7.82. The van der Waals surface area contributed by atoms with E-state index in [-0.39, 0.29) is 0 Å². The minimum atomic E-state index is 0.860. The van der Waals surface area contributed by atoms with Crippen LogP contribution in [0.15, 0.2) is 221 Å². The lowest BCUT2D eigenvalue weighted by atomic mass is 9.93. The van der Waals surface area contributed by atoms with Gasteiger partial charge in [-0.2, -0.15) is 0 Å². The van der Waals surface area contributed by atoms with Crippen molar-refractivity contribution in [2.75, 3.05) is 4.90 Å². The lowest BCUT2D eigenvalue weighted by Gasteiger charge is -2.26. The molecule has 0 saturated heterocycles. The van der Waals surface area contributed by atoms with Crippen LogP contribution in [0.5, 0.6) is 0 Å². The van der Waals surface area contributed by atoms with Crippen LogP contribution in [0.4, 0.5) is 17.1 Å². The Bertz CT molecular complexity index is 3150. The lowest BCUT2D eigenvalue weighted by Crippen LogP contribution is -2.10. The Morgan fingerprint density at radius 1 is 0.263 bits per heavy atom. The van der Waals surface area contributed by atoms with E-state index in [1.54, 1.807) is 0 Å². The van der Waals surface area contributed by atoms with Gasteiger partial charge in [-0.3, -0.25) is 0 Å². The minimum Gasteiger partial charge on any atom is -0.456 e. The highest BCUT2D eigenvalue weighted by molar-refractivity contribution is 6.13. The Morgan fingerprint density at radius 2 is 0.702 bits per heavy atom. The van der Waals surface area contributed by atoms with Crippen LogP contribution in [-0.2, 0) is 0 Å². The van der Waals surface area contributed by atoms with Crippen LogP contribution in [0, 0.1) is 0 Å². The van der Waals surface area contributed by atoms with Crippen molar-refractivity contribution in [1.82, 2.24) is 0 Å². The maximum Gasteiger partial charge on any atom is 0.137 e. The first kappa shape index (κ1) is 32.8. The molecule has 57 heavy (non-hydrogen) atoms. The zero-order valence-corrected chi connectivity index (χ0v) is 31.0. The molecule has 2 heterocycles. The molecule has 268 valence electrons. The van der Waals surface area contributed by atoms with Crippen molar-refractivity contribution in [1.29, 1.82) is 0 Å². The van der Waals surface area contributed by atoms with Gasteiger partial charge < -0.3 is 13.7 Å². The molecule has 0 radical (unpaired) electrons. The van der Waals surface area contributed by atoms with Gasteiger partial charge in [0.25, 0.3) is 0 Å². The molecule has 9 aromatic carbocycles. The zero-order chi connectivity index (χ0) is 37.7. The van der Waals surface area contributed by atoms with Crippen LogP contribution in [0.2, 0.25) is 0 Å². The largest absolute Gasteiger partial charge is 0.456 e. The highest BCUT2D eigenvalue weighted by atomic mass is 16.3. The van der Waals surface area contributed by atoms with Gasteiger partial charge in [-0.1, -0.05) is 133 Å². The summed E-state index contributed by atoms with van der Waals surface area (Å²) >= 11 is 0. The summed E-state index contributed by atoms with van der Waals surface area (Å²) in [5.41, 5.74) is 16.1. The number of fused-ring (bicyclic) bond motifs is 6. The predicted molar refractivity (Wildman–Crippen MR) is 237 cm³/mol. The molecule has 0 aliphatic carbocycles. The van der Waals surface area contributed by atoms with Crippen molar-refractivity contribution in [3.63, 3.8) is 0 Å². The number of para-hydroxylation sites is 2. The first-order valence-corrected chi connectivity index (χ1v) is 19.3. The third kappa shape index (κ3) is 5.85. The monoisotopic (exact) mass is 729 g/mol. The zero-order valence-electron chi connectivity index (χ0n) is 31.0. The van der Waals surface area contributed by atoms with Crippen LogP contribution < -0.4 is 4.90 Å². The SMILES string of the molecule is c1ccc(-c2cc(-c3ccccc3)cc(-c3ccc(N(c4ccc(-c5ccc6oc7ccccc7c6c5)cc4)c4cccc5oc6ccccc6c45)cc3)c2)cc1. The maximum absolute atomic E-state index is 6.39. The average molecular weight is 730 g/mol. The second-order valence-corrected chi connectivity index (χ2v) is 14.5. The van der Waals surface area contributed by atoms with Crippen LogP contribution >= 0.6 is 0 Å². The molecule has 0 saturated carbocycles. The third-order valence-electron chi connectivity index (χ3n) is 11.1. The van der Waals surface area contributed by atoms with Gasteiger partial charge in [0.05, 0.1) is 11.1 Å². The highest BCUT2D eigenvalue weighted by Crippen LogP contribution is 2.44. The van der Waals surface area contributed by atoms with Crippen LogP contribution in [-0.4, -0.2) is 0 Å². The smallest absolute Gasteiger partial charge is 0.137 e. The molecule has 0 atom stereocenters. The van der Waals surface area contributed by atoms with Gasteiger partial charge in [0.2, 0.25) is 0 Å². The highest BCUT2D eigenvalue weighted by Gasteiger charge is 2.20. The van der Waals surface area contributed by atoms with Gasteiger partial charge in [0.15, 0.2) is 0 Å². The van der Waals surface area contributed by atoms with Crippen LogP contribution in [0.1, 0.15) is 0 Å². The summed E-state index contributed by atoms with van der Waals surface area (Å²) in [6, 6.07) is 75.3. The van der Waals surface area contributed by atoms with E-state index in [0.717, 1.165) is 77.6 Å². The molecule has 2 aromatic heterocycles. The quantitative estimate of drug-likeness (QED) is 0.164. The second kappa shape index (κ2) is 13.6.